The number of likely N-dealkylation sites (N-methyl/N-ethyl adjacent to an activating group) is 1. The second kappa shape index (κ2) is 5.78. The molecule has 0 spiro atoms. The predicted octanol–water partition coefficient (Wildman–Crippen LogP) is 2.79. The van der Waals surface area contributed by atoms with Crippen LogP contribution < -0.4 is 5.32 Å². The molecular weight excluding hydrogens is 241 g/mol. The number of hydrogen-bond donors (Lipinski definition) is 1. The number of hydrogen-bond acceptors (Lipinski definition) is 2. The molecule has 0 radical (unpaired) electrons. The molecule has 0 bridgehead atoms. The molecular formula is C13H23F3N2. The van der Waals surface area contributed by atoms with E-state index in [2.05, 4.69) is 17.3 Å². The van der Waals surface area contributed by atoms with Gasteiger partial charge in [0, 0.05) is 25.2 Å². The summed E-state index contributed by atoms with van der Waals surface area (Å²) in [6.07, 6.45) is 0.519. The van der Waals surface area contributed by atoms with Gasteiger partial charge in [0.25, 0.3) is 0 Å². The van der Waals surface area contributed by atoms with E-state index < -0.39 is 12.1 Å². The molecule has 2 rings (SSSR count). The van der Waals surface area contributed by atoms with Crippen molar-refractivity contribution in [3.8, 4) is 0 Å². The fourth-order valence-electron chi connectivity index (χ4n) is 2.77. The van der Waals surface area contributed by atoms with Crippen LogP contribution in [0.4, 0.5) is 13.2 Å². The summed E-state index contributed by atoms with van der Waals surface area (Å²) in [6.45, 7) is 1.90. The van der Waals surface area contributed by atoms with Gasteiger partial charge in [-0.05, 0) is 45.6 Å². The first-order valence-corrected chi connectivity index (χ1v) is 6.97. The van der Waals surface area contributed by atoms with Gasteiger partial charge in [-0.1, -0.05) is 0 Å². The molecule has 18 heavy (non-hydrogen) atoms. The Hall–Kier alpha value is -0.290. The first kappa shape index (κ1) is 14.1. The summed E-state index contributed by atoms with van der Waals surface area (Å²) in [4.78, 5) is 2.34. The lowest BCUT2D eigenvalue weighted by atomic mass is 9.85. The van der Waals surface area contributed by atoms with E-state index in [1.165, 1.54) is 12.8 Å². The van der Waals surface area contributed by atoms with Gasteiger partial charge in [0.15, 0.2) is 0 Å². The average Bonchev–Trinajstić information content (AvgIpc) is 3.12. The highest BCUT2D eigenvalue weighted by atomic mass is 19.4. The number of halogens is 3. The minimum Gasteiger partial charge on any atom is -0.313 e. The van der Waals surface area contributed by atoms with Crippen LogP contribution in [0, 0.1) is 5.92 Å². The van der Waals surface area contributed by atoms with Gasteiger partial charge in [0.2, 0.25) is 0 Å². The lowest BCUT2D eigenvalue weighted by Crippen LogP contribution is -2.40. The first-order valence-electron chi connectivity index (χ1n) is 6.97. The molecule has 2 nitrogen and oxygen atoms in total. The zero-order valence-electron chi connectivity index (χ0n) is 11.0. The molecule has 1 N–H and O–H groups in total. The molecule has 0 aromatic carbocycles. The Kier molecular flexibility index (Phi) is 4.54. The summed E-state index contributed by atoms with van der Waals surface area (Å²) >= 11 is 0. The Balaban J connectivity index is 1.58. The van der Waals surface area contributed by atoms with E-state index in [4.69, 9.17) is 0 Å². The molecule has 2 fully saturated rings. The Labute approximate surface area is 107 Å². The zero-order chi connectivity index (χ0) is 13.2. The largest absolute Gasteiger partial charge is 0.391 e. The van der Waals surface area contributed by atoms with E-state index in [1.54, 1.807) is 0 Å². The van der Waals surface area contributed by atoms with Crippen molar-refractivity contribution in [2.24, 2.45) is 5.92 Å². The smallest absolute Gasteiger partial charge is 0.313 e. The van der Waals surface area contributed by atoms with Crippen LogP contribution in [0.15, 0.2) is 0 Å². The van der Waals surface area contributed by atoms with E-state index in [0.29, 0.717) is 25.7 Å². The molecule has 0 amide bonds. The van der Waals surface area contributed by atoms with Crippen LogP contribution in [0.3, 0.4) is 0 Å². The van der Waals surface area contributed by atoms with Crippen molar-refractivity contribution in [1.29, 1.82) is 0 Å². The van der Waals surface area contributed by atoms with Crippen molar-refractivity contribution < 1.29 is 13.2 Å². The van der Waals surface area contributed by atoms with Crippen molar-refractivity contribution >= 4 is 0 Å². The third-order valence-corrected chi connectivity index (χ3v) is 4.26. The molecule has 2 aliphatic carbocycles. The van der Waals surface area contributed by atoms with Gasteiger partial charge in [0.05, 0.1) is 5.92 Å². The highest BCUT2D eigenvalue weighted by molar-refractivity contribution is 4.84. The van der Waals surface area contributed by atoms with E-state index in [9.17, 15) is 13.2 Å². The third kappa shape index (κ3) is 4.12. The minimum atomic E-state index is -3.99. The van der Waals surface area contributed by atoms with Crippen LogP contribution in [-0.2, 0) is 0 Å². The summed E-state index contributed by atoms with van der Waals surface area (Å²) in [5.41, 5.74) is 0. The number of nitrogens with zero attached hydrogens (tertiary/aromatic N) is 1. The van der Waals surface area contributed by atoms with E-state index in [0.717, 1.165) is 19.1 Å². The van der Waals surface area contributed by atoms with Crippen molar-refractivity contribution in [3.63, 3.8) is 0 Å². The second-order valence-corrected chi connectivity index (χ2v) is 5.76. The van der Waals surface area contributed by atoms with Crippen molar-refractivity contribution in [3.05, 3.63) is 0 Å². The van der Waals surface area contributed by atoms with E-state index >= 15 is 0 Å². The van der Waals surface area contributed by atoms with Crippen LogP contribution in [-0.4, -0.2) is 43.3 Å². The monoisotopic (exact) mass is 264 g/mol. The standard InChI is InChI=1S/C13H23F3N2/c1-18(12-6-7-12)9-8-17-11-4-2-10(3-5-11)13(14,15)16/h10-12,17H,2-9H2,1H3. The van der Waals surface area contributed by atoms with Gasteiger partial charge in [-0.2, -0.15) is 13.2 Å². The topological polar surface area (TPSA) is 15.3 Å². The normalized spacial score (nSPS) is 29.8. The minimum absolute atomic E-state index is 0.288. The molecule has 0 aromatic rings. The highest BCUT2D eigenvalue weighted by Gasteiger charge is 2.41. The molecule has 0 atom stereocenters. The van der Waals surface area contributed by atoms with Crippen LogP contribution in [0.1, 0.15) is 38.5 Å². The Morgan fingerprint density at radius 1 is 1.06 bits per heavy atom. The van der Waals surface area contributed by atoms with Gasteiger partial charge < -0.3 is 10.2 Å². The lowest BCUT2D eigenvalue weighted by molar-refractivity contribution is -0.182. The Morgan fingerprint density at radius 3 is 2.17 bits per heavy atom. The van der Waals surface area contributed by atoms with E-state index in [1.807, 2.05) is 0 Å². The van der Waals surface area contributed by atoms with Gasteiger partial charge >= 0.3 is 6.18 Å². The Morgan fingerprint density at radius 2 is 1.67 bits per heavy atom. The third-order valence-electron chi connectivity index (χ3n) is 4.26. The van der Waals surface area contributed by atoms with Crippen LogP contribution in [0.25, 0.3) is 0 Å². The number of alkyl halides is 3. The maximum absolute atomic E-state index is 12.5. The molecule has 0 aromatic heterocycles. The Bertz CT molecular complexity index is 255. The van der Waals surface area contributed by atoms with Gasteiger partial charge in [-0.25, -0.2) is 0 Å². The SMILES string of the molecule is CN(CCNC1CCC(C(F)(F)F)CC1)C1CC1. The predicted molar refractivity (Wildman–Crippen MR) is 65.5 cm³/mol. The maximum Gasteiger partial charge on any atom is 0.391 e. The van der Waals surface area contributed by atoms with Crippen LogP contribution in [0.2, 0.25) is 0 Å². The number of nitrogens with one attached hydrogen (secondary N) is 1. The quantitative estimate of drug-likeness (QED) is 0.821. The first-order chi connectivity index (χ1) is 8.47. The summed E-state index contributed by atoms with van der Waals surface area (Å²) < 4.78 is 37.5. The van der Waals surface area contributed by atoms with Gasteiger partial charge in [-0.3, -0.25) is 0 Å². The van der Waals surface area contributed by atoms with Crippen LogP contribution >= 0.6 is 0 Å². The fourth-order valence-corrected chi connectivity index (χ4v) is 2.77. The number of rotatable bonds is 5. The van der Waals surface area contributed by atoms with Crippen molar-refractivity contribution in [2.45, 2.75) is 56.8 Å². The lowest BCUT2D eigenvalue weighted by Gasteiger charge is -2.30. The fraction of sp³-hybridized carbons (Fsp3) is 1.00. The molecule has 0 saturated heterocycles. The van der Waals surface area contributed by atoms with Gasteiger partial charge in [-0.15, -0.1) is 0 Å². The average molecular weight is 264 g/mol. The van der Waals surface area contributed by atoms with Gasteiger partial charge in [0.1, 0.15) is 0 Å². The summed E-state index contributed by atoms with van der Waals surface area (Å²) in [5.74, 6) is -1.07. The molecule has 5 heteroatoms. The van der Waals surface area contributed by atoms with Crippen molar-refractivity contribution in [1.82, 2.24) is 10.2 Å². The summed E-state index contributed by atoms with van der Waals surface area (Å²) in [5, 5.41) is 3.40. The molecule has 0 unspecified atom stereocenters. The van der Waals surface area contributed by atoms with Crippen LogP contribution in [0.5, 0.6) is 0 Å². The second-order valence-electron chi connectivity index (χ2n) is 5.76. The van der Waals surface area contributed by atoms with Crippen molar-refractivity contribution in [2.75, 3.05) is 20.1 Å². The maximum atomic E-state index is 12.5. The molecule has 0 heterocycles. The molecule has 2 aliphatic rings. The van der Waals surface area contributed by atoms with E-state index in [-0.39, 0.29) is 6.04 Å². The highest BCUT2D eigenvalue weighted by Crippen LogP contribution is 2.37. The zero-order valence-corrected chi connectivity index (χ0v) is 11.0. The summed E-state index contributed by atoms with van der Waals surface area (Å²) in [6, 6.07) is 1.05. The molecule has 0 aliphatic heterocycles. The molecule has 106 valence electrons. The molecule has 2 saturated carbocycles. The summed E-state index contributed by atoms with van der Waals surface area (Å²) in [7, 11) is 2.12.